The Morgan fingerprint density at radius 1 is 1.75 bits per heavy atom. The van der Waals surface area contributed by atoms with Gasteiger partial charge in [0.15, 0.2) is 0 Å². The number of carbonyl (C=O) groups excluding carboxylic acids is 1. The average Bonchev–Trinajstić information content (AvgIpc) is 1.69. The fourth-order valence-electron chi connectivity index (χ4n) is 0.332. The van der Waals surface area contributed by atoms with Crippen molar-refractivity contribution in [2.45, 2.75) is 6.92 Å². The zero-order valence-corrected chi connectivity index (χ0v) is 5.99. The molecule has 0 fully saturated rings. The van der Waals surface area contributed by atoms with E-state index in [1.807, 2.05) is 0 Å². The van der Waals surface area contributed by atoms with Crippen molar-refractivity contribution >= 4 is 17.9 Å². The van der Waals surface area contributed by atoms with Crippen LogP contribution in [0.25, 0.3) is 0 Å². The van der Waals surface area contributed by atoms with Crippen molar-refractivity contribution in [3.8, 4) is 0 Å². The van der Waals surface area contributed by atoms with E-state index in [1.165, 1.54) is 30.4 Å². The fraction of sp³-hybridized carbons (Fsp3) is 0.750. The van der Waals surface area contributed by atoms with E-state index in [-0.39, 0.29) is 5.91 Å². The molecular weight excluding hydrogens is 126 g/mol. The van der Waals surface area contributed by atoms with Gasteiger partial charge in [-0.05, 0) is 11.9 Å². The number of carbonyl (C=O) groups is 1. The molecule has 0 saturated carbocycles. The highest BCUT2D eigenvalue weighted by molar-refractivity contribution is 7.96. The highest BCUT2D eigenvalue weighted by atomic mass is 32.2. The molecule has 0 radical (unpaired) electrons. The summed E-state index contributed by atoms with van der Waals surface area (Å²) in [5.41, 5.74) is 0. The third kappa shape index (κ3) is 2.18. The van der Waals surface area contributed by atoms with Crippen LogP contribution in [0.2, 0.25) is 0 Å². The monoisotopic (exact) mass is 135 g/mol. The molecule has 0 aliphatic heterocycles. The molecular formula is C4H9NO2S. The van der Waals surface area contributed by atoms with Crippen molar-refractivity contribution in [1.82, 2.24) is 4.47 Å². The Morgan fingerprint density at radius 2 is 2.25 bits per heavy atom. The van der Waals surface area contributed by atoms with Crippen LogP contribution in [0.5, 0.6) is 0 Å². The Kier molecular flexibility index (Phi) is 3.64. The maximum Gasteiger partial charge on any atom is 0.253 e. The quantitative estimate of drug-likeness (QED) is 0.412. The Bertz CT molecular complexity index is 82.1. The van der Waals surface area contributed by atoms with Gasteiger partial charge in [0.1, 0.15) is 0 Å². The van der Waals surface area contributed by atoms with E-state index in [1.54, 1.807) is 6.26 Å². The SMILES string of the molecule is CON(SC)C(C)=O. The van der Waals surface area contributed by atoms with Gasteiger partial charge in [-0.2, -0.15) is 4.47 Å². The molecule has 0 spiro atoms. The minimum atomic E-state index is -0.0972. The molecule has 0 aromatic heterocycles. The van der Waals surface area contributed by atoms with Gasteiger partial charge in [0, 0.05) is 13.2 Å². The predicted octanol–water partition coefficient (Wildman–Crippen LogP) is 0.674. The Hall–Kier alpha value is -0.220. The lowest BCUT2D eigenvalue weighted by Gasteiger charge is -2.11. The molecule has 0 unspecified atom stereocenters. The van der Waals surface area contributed by atoms with Gasteiger partial charge in [-0.3, -0.25) is 9.63 Å². The smallest absolute Gasteiger partial charge is 0.253 e. The van der Waals surface area contributed by atoms with Gasteiger partial charge >= 0.3 is 0 Å². The van der Waals surface area contributed by atoms with Gasteiger partial charge in [-0.25, -0.2) is 0 Å². The van der Waals surface area contributed by atoms with Crippen molar-refractivity contribution in [3.05, 3.63) is 0 Å². The van der Waals surface area contributed by atoms with Crippen molar-refractivity contribution < 1.29 is 9.63 Å². The topological polar surface area (TPSA) is 29.5 Å². The Labute approximate surface area is 53.1 Å². The molecule has 8 heavy (non-hydrogen) atoms. The number of hydrogen-bond acceptors (Lipinski definition) is 3. The maximum atomic E-state index is 10.4. The highest BCUT2D eigenvalue weighted by Crippen LogP contribution is 2.03. The molecule has 0 N–H and O–H groups in total. The summed E-state index contributed by atoms with van der Waals surface area (Å²) in [6.07, 6.45) is 1.77. The van der Waals surface area contributed by atoms with E-state index in [4.69, 9.17) is 0 Å². The summed E-state index contributed by atoms with van der Waals surface area (Å²) < 4.78 is 1.19. The van der Waals surface area contributed by atoms with Gasteiger partial charge in [0.05, 0.1) is 7.11 Å². The second kappa shape index (κ2) is 3.74. The van der Waals surface area contributed by atoms with Crippen LogP contribution >= 0.6 is 11.9 Å². The van der Waals surface area contributed by atoms with E-state index in [2.05, 4.69) is 4.84 Å². The van der Waals surface area contributed by atoms with Crippen LogP contribution in [0, 0.1) is 0 Å². The van der Waals surface area contributed by atoms with Crippen molar-refractivity contribution in [3.63, 3.8) is 0 Å². The molecule has 0 aromatic carbocycles. The summed E-state index contributed by atoms with van der Waals surface area (Å²) in [7, 11) is 1.46. The molecule has 0 atom stereocenters. The number of hydrogen-bond donors (Lipinski definition) is 0. The van der Waals surface area contributed by atoms with Crippen LogP contribution in [-0.2, 0) is 9.63 Å². The molecule has 0 bridgehead atoms. The fourth-order valence-corrected chi connectivity index (χ4v) is 0.738. The van der Waals surface area contributed by atoms with Crippen molar-refractivity contribution in [2.75, 3.05) is 13.4 Å². The second-order valence-corrected chi connectivity index (χ2v) is 1.84. The van der Waals surface area contributed by atoms with E-state index in [9.17, 15) is 4.79 Å². The lowest BCUT2D eigenvalue weighted by Crippen LogP contribution is -2.18. The highest BCUT2D eigenvalue weighted by Gasteiger charge is 2.02. The summed E-state index contributed by atoms with van der Waals surface area (Å²) in [6, 6.07) is 0. The standard InChI is InChI=1S/C4H9NO2S/c1-4(6)5(7-2)8-3/h1-3H3. The number of nitrogens with zero attached hydrogens (tertiary/aromatic N) is 1. The van der Waals surface area contributed by atoms with Crippen LogP contribution in [-0.4, -0.2) is 23.7 Å². The Balaban J connectivity index is 3.52. The number of amides is 1. The summed E-state index contributed by atoms with van der Waals surface area (Å²) in [4.78, 5) is 15.0. The molecule has 0 aliphatic carbocycles. The average molecular weight is 135 g/mol. The zero-order valence-electron chi connectivity index (χ0n) is 5.17. The van der Waals surface area contributed by atoms with Crippen LogP contribution in [0.4, 0.5) is 0 Å². The first-order valence-electron chi connectivity index (χ1n) is 2.11. The first-order valence-corrected chi connectivity index (χ1v) is 3.29. The van der Waals surface area contributed by atoms with E-state index in [0.29, 0.717) is 0 Å². The lowest BCUT2D eigenvalue weighted by molar-refractivity contribution is -0.147. The molecule has 48 valence electrons. The first-order chi connectivity index (χ1) is 3.72. The molecule has 0 rings (SSSR count). The van der Waals surface area contributed by atoms with E-state index in [0.717, 1.165) is 0 Å². The van der Waals surface area contributed by atoms with Crippen LogP contribution < -0.4 is 0 Å². The minimum Gasteiger partial charge on any atom is -0.272 e. The first kappa shape index (κ1) is 7.78. The summed E-state index contributed by atoms with van der Waals surface area (Å²) in [6.45, 7) is 1.44. The minimum absolute atomic E-state index is 0.0972. The second-order valence-electron chi connectivity index (χ2n) is 1.14. The third-order valence-corrected chi connectivity index (χ3v) is 1.33. The normalized spacial score (nSPS) is 8.88. The van der Waals surface area contributed by atoms with E-state index >= 15 is 0 Å². The van der Waals surface area contributed by atoms with Gasteiger partial charge in [-0.1, -0.05) is 0 Å². The summed E-state index contributed by atoms with van der Waals surface area (Å²) in [5.74, 6) is -0.0972. The molecule has 4 heteroatoms. The van der Waals surface area contributed by atoms with Crippen LogP contribution in [0.15, 0.2) is 0 Å². The molecule has 0 saturated heterocycles. The molecule has 0 heterocycles. The van der Waals surface area contributed by atoms with Crippen LogP contribution in [0.1, 0.15) is 6.92 Å². The predicted molar refractivity (Wildman–Crippen MR) is 33.0 cm³/mol. The van der Waals surface area contributed by atoms with E-state index < -0.39 is 0 Å². The summed E-state index contributed by atoms with van der Waals surface area (Å²) >= 11 is 1.24. The molecule has 1 amide bonds. The van der Waals surface area contributed by atoms with Crippen LogP contribution in [0.3, 0.4) is 0 Å². The van der Waals surface area contributed by atoms with Gasteiger partial charge in [0.2, 0.25) is 0 Å². The third-order valence-electron chi connectivity index (χ3n) is 0.589. The maximum absolute atomic E-state index is 10.4. The Morgan fingerprint density at radius 3 is 2.25 bits per heavy atom. The number of rotatable bonds is 2. The van der Waals surface area contributed by atoms with Crippen molar-refractivity contribution in [2.24, 2.45) is 0 Å². The van der Waals surface area contributed by atoms with Gasteiger partial charge in [0.25, 0.3) is 5.91 Å². The van der Waals surface area contributed by atoms with Gasteiger partial charge < -0.3 is 0 Å². The molecule has 0 aliphatic rings. The zero-order chi connectivity index (χ0) is 6.57. The van der Waals surface area contributed by atoms with Crippen molar-refractivity contribution in [1.29, 1.82) is 0 Å². The number of hydroxylamine groups is 1. The summed E-state index contributed by atoms with van der Waals surface area (Å²) in [5, 5.41) is 0. The largest absolute Gasteiger partial charge is 0.272 e. The molecule has 0 aromatic rings. The van der Waals surface area contributed by atoms with Gasteiger partial charge in [-0.15, -0.1) is 0 Å². The lowest BCUT2D eigenvalue weighted by atomic mass is 10.8. The molecule has 3 nitrogen and oxygen atoms in total.